The lowest BCUT2D eigenvalue weighted by Gasteiger charge is -2.28. The first-order valence-electron chi connectivity index (χ1n) is 5.72. The molecule has 0 aliphatic rings. The normalized spacial score (nSPS) is 14.6. The van der Waals surface area contributed by atoms with Crippen LogP contribution >= 0.6 is 0 Å². The third kappa shape index (κ3) is 2.74. The third-order valence-corrected chi connectivity index (χ3v) is 2.99. The molecule has 2 N–H and O–H groups in total. The standard InChI is InChI=1S/C13H21NO2/c1-4-13(16)11-7-5-6-8-12(11)14(3)10(2)9-15/h5-8,10,13,15-16H,4,9H2,1-3H3/t10?,13-/m0/s1. The molecule has 0 heterocycles. The van der Waals surface area contributed by atoms with Crippen LogP contribution < -0.4 is 4.90 Å². The maximum absolute atomic E-state index is 9.92. The largest absolute Gasteiger partial charge is 0.394 e. The number of benzene rings is 1. The monoisotopic (exact) mass is 223 g/mol. The second kappa shape index (κ2) is 5.87. The first-order chi connectivity index (χ1) is 7.61. The van der Waals surface area contributed by atoms with Gasteiger partial charge in [0.15, 0.2) is 0 Å². The zero-order chi connectivity index (χ0) is 12.1. The van der Waals surface area contributed by atoms with Crippen molar-refractivity contribution in [3.8, 4) is 0 Å². The van der Waals surface area contributed by atoms with Crippen LogP contribution in [0.2, 0.25) is 0 Å². The number of aliphatic hydroxyl groups is 2. The molecule has 0 amide bonds. The van der Waals surface area contributed by atoms with Crippen molar-refractivity contribution < 1.29 is 10.2 Å². The topological polar surface area (TPSA) is 43.7 Å². The average molecular weight is 223 g/mol. The van der Waals surface area contributed by atoms with E-state index in [0.717, 1.165) is 11.3 Å². The van der Waals surface area contributed by atoms with E-state index in [1.54, 1.807) is 0 Å². The molecule has 0 bridgehead atoms. The SMILES string of the molecule is CC[C@H](O)c1ccccc1N(C)C(C)CO. The summed E-state index contributed by atoms with van der Waals surface area (Å²) in [6.07, 6.45) is 0.253. The molecule has 16 heavy (non-hydrogen) atoms. The molecule has 1 aromatic carbocycles. The maximum Gasteiger partial charge on any atom is 0.0807 e. The lowest BCUT2D eigenvalue weighted by atomic mass is 10.0. The number of para-hydroxylation sites is 1. The van der Waals surface area contributed by atoms with Crippen LogP contribution in [0.3, 0.4) is 0 Å². The second-order valence-electron chi connectivity index (χ2n) is 4.13. The van der Waals surface area contributed by atoms with Gasteiger partial charge in [-0.05, 0) is 19.4 Å². The predicted octanol–water partition coefficient (Wildman–Crippen LogP) is 1.95. The summed E-state index contributed by atoms with van der Waals surface area (Å²) >= 11 is 0. The molecule has 0 aliphatic carbocycles. The minimum Gasteiger partial charge on any atom is -0.394 e. The Morgan fingerprint density at radius 3 is 2.50 bits per heavy atom. The van der Waals surface area contributed by atoms with E-state index in [1.165, 1.54) is 0 Å². The predicted molar refractivity (Wildman–Crippen MR) is 66.6 cm³/mol. The van der Waals surface area contributed by atoms with E-state index in [0.29, 0.717) is 6.42 Å². The van der Waals surface area contributed by atoms with Gasteiger partial charge in [-0.1, -0.05) is 25.1 Å². The summed E-state index contributed by atoms with van der Waals surface area (Å²) < 4.78 is 0. The van der Waals surface area contributed by atoms with Crippen molar-refractivity contribution in [2.75, 3.05) is 18.6 Å². The van der Waals surface area contributed by atoms with Gasteiger partial charge in [0.25, 0.3) is 0 Å². The molecule has 90 valence electrons. The lowest BCUT2D eigenvalue weighted by Crippen LogP contribution is -2.32. The third-order valence-electron chi connectivity index (χ3n) is 2.99. The Morgan fingerprint density at radius 1 is 1.31 bits per heavy atom. The molecule has 0 spiro atoms. The molecule has 1 aromatic rings. The van der Waals surface area contributed by atoms with Crippen LogP contribution in [0.1, 0.15) is 31.9 Å². The van der Waals surface area contributed by atoms with Gasteiger partial charge >= 0.3 is 0 Å². The molecule has 3 nitrogen and oxygen atoms in total. The molecule has 3 heteroatoms. The second-order valence-corrected chi connectivity index (χ2v) is 4.13. The van der Waals surface area contributed by atoms with E-state index in [4.69, 9.17) is 5.11 Å². The van der Waals surface area contributed by atoms with Crippen molar-refractivity contribution in [2.45, 2.75) is 32.4 Å². The maximum atomic E-state index is 9.92. The number of hydrogen-bond donors (Lipinski definition) is 2. The Balaban J connectivity index is 3.03. The number of nitrogens with zero attached hydrogens (tertiary/aromatic N) is 1. The fourth-order valence-corrected chi connectivity index (χ4v) is 1.67. The average Bonchev–Trinajstić information content (AvgIpc) is 2.35. The van der Waals surface area contributed by atoms with Crippen LogP contribution in [-0.2, 0) is 0 Å². The van der Waals surface area contributed by atoms with Gasteiger partial charge in [0, 0.05) is 24.3 Å². The van der Waals surface area contributed by atoms with Gasteiger partial charge in [-0.25, -0.2) is 0 Å². The number of rotatable bonds is 5. The van der Waals surface area contributed by atoms with Crippen molar-refractivity contribution in [3.63, 3.8) is 0 Å². The van der Waals surface area contributed by atoms with Gasteiger partial charge in [0.1, 0.15) is 0 Å². The molecule has 0 saturated carbocycles. The number of hydrogen-bond acceptors (Lipinski definition) is 3. The zero-order valence-corrected chi connectivity index (χ0v) is 10.2. The van der Waals surface area contributed by atoms with Gasteiger partial charge in [0.05, 0.1) is 12.7 Å². The van der Waals surface area contributed by atoms with E-state index in [2.05, 4.69) is 0 Å². The first-order valence-corrected chi connectivity index (χ1v) is 5.72. The molecule has 1 unspecified atom stereocenters. The summed E-state index contributed by atoms with van der Waals surface area (Å²) in [5.41, 5.74) is 1.91. The fraction of sp³-hybridized carbons (Fsp3) is 0.538. The van der Waals surface area contributed by atoms with Crippen LogP contribution in [0.5, 0.6) is 0 Å². The van der Waals surface area contributed by atoms with Crippen molar-refractivity contribution in [3.05, 3.63) is 29.8 Å². The Kier molecular flexibility index (Phi) is 4.77. The van der Waals surface area contributed by atoms with Crippen LogP contribution in [-0.4, -0.2) is 29.9 Å². The molecule has 1 rings (SSSR count). The van der Waals surface area contributed by atoms with E-state index in [-0.39, 0.29) is 12.6 Å². The van der Waals surface area contributed by atoms with Crippen LogP contribution in [0.25, 0.3) is 0 Å². The van der Waals surface area contributed by atoms with Crippen LogP contribution in [0.4, 0.5) is 5.69 Å². The van der Waals surface area contributed by atoms with Gasteiger partial charge in [0.2, 0.25) is 0 Å². The highest BCUT2D eigenvalue weighted by Gasteiger charge is 2.16. The number of likely N-dealkylation sites (N-methyl/N-ethyl adjacent to an activating group) is 1. The van der Waals surface area contributed by atoms with Gasteiger partial charge in [-0.3, -0.25) is 0 Å². The van der Waals surface area contributed by atoms with Crippen molar-refractivity contribution in [1.82, 2.24) is 0 Å². The van der Waals surface area contributed by atoms with Crippen LogP contribution in [0, 0.1) is 0 Å². The fourth-order valence-electron chi connectivity index (χ4n) is 1.67. The molecule has 0 aromatic heterocycles. The van der Waals surface area contributed by atoms with E-state index in [9.17, 15) is 5.11 Å². The van der Waals surface area contributed by atoms with Crippen molar-refractivity contribution in [1.29, 1.82) is 0 Å². The van der Waals surface area contributed by atoms with E-state index >= 15 is 0 Å². The van der Waals surface area contributed by atoms with E-state index < -0.39 is 6.10 Å². The van der Waals surface area contributed by atoms with Gasteiger partial charge < -0.3 is 15.1 Å². The van der Waals surface area contributed by atoms with E-state index in [1.807, 2.05) is 50.1 Å². The summed E-state index contributed by atoms with van der Waals surface area (Å²) in [4.78, 5) is 1.99. The number of aliphatic hydroxyl groups excluding tert-OH is 2. The molecule has 2 atom stereocenters. The Bertz CT molecular complexity index is 327. The highest BCUT2D eigenvalue weighted by Crippen LogP contribution is 2.28. The van der Waals surface area contributed by atoms with Crippen LogP contribution in [0.15, 0.2) is 24.3 Å². The summed E-state index contributed by atoms with van der Waals surface area (Å²) in [6.45, 7) is 4.01. The summed E-state index contributed by atoms with van der Waals surface area (Å²) in [7, 11) is 1.93. The minimum absolute atomic E-state index is 0.0465. The van der Waals surface area contributed by atoms with Crippen molar-refractivity contribution >= 4 is 5.69 Å². The number of anilines is 1. The van der Waals surface area contributed by atoms with Crippen molar-refractivity contribution in [2.24, 2.45) is 0 Å². The molecular formula is C13H21NO2. The lowest BCUT2D eigenvalue weighted by molar-refractivity contribution is 0.173. The smallest absolute Gasteiger partial charge is 0.0807 e. The summed E-state index contributed by atoms with van der Waals surface area (Å²) in [6, 6.07) is 7.83. The van der Waals surface area contributed by atoms with Gasteiger partial charge in [-0.2, -0.15) is 0 Å². The summed E-state index contributed by atoms with van der Waals surface area (Å²) in [5.74, 6) is 0. The highest BCUT2D eigenvalue weighted by atomic mass is 16.3. The molecule has 0 fully saturated rings. The first kappa shape index (κ1) is 13.0. The Labute approximate surface area is 97.3 Å². The molecule has 0 radical (unpaired) electrons. The highest BCUT2D eigenvalue weighted by molar-refractivity contribution is 5.54. The Hall–Kier alpha value is -1.06. The minimum atomic E-state index is -0.440. The zero-order valence-electron chi connectivity index (χ0n) is 10.2. The summed E-state index contributed by atoms with van der Waals surface area (Å²) in [5, 5.41) is 19.1. The quantitative estimate of drug-likeness (QED) is 0.802. The van der Waals surface area contributed by atoms with Gasteiger partial charge in [-0.15, -0.1) is 0 Å². The Morgan fingerprint density at radius 2 is 1.94 bits per heavy atom. The molecule has 0 saturated heterocycles. The molecular weight excluding hydrogens is 202 g/mol. The molecule has 0 aliphatic heterocycles.